The highest BCUT2D eigenvalue weighted by atomic mass is 35.5. The van der Waals surface area contributed by atoms with Gasteiger partial charge in [-0.2, -0.15) is 0 Å². The van der Waals surface area contributed by atoms with Gasteiger partial charge >= 0.3 is 0 Å². The predicted molar refractivity (Wildman–Crippen MR) is 117 cm³/mol. The van der Waals surface area contributed by atoms with Gasteiger partial charge in [0.1, 0.15) is 6.04 Å². The molecule has 152 valence electrons. The van der Waals surface area contributed by atoms with Crippen molar-refractivity contribution in [1.82, 2.24) is 0 Å². The number of halogens is 1. The summed E-state index contributed by atoms with van der Waals surface area (Å²) in [4.78, 5) is 12.9. The first kappa shape index (κ1) is 22.2. The number of rotatable bonds is 9. The Bertz CT molecular complexity index is 898. The van der Waals surface area contributed by atoms with Crippen molar-refractivity contribution in [3.05, 3.63) is 59.1 Å². The summed E-state index contributed by atoms with van der Waals surface area (Å²) in [6.07, 6.45) is 4.65. The van der Waals surface area contributed by atoms with E-state index in [1.54, 1.807) is 31.2 Å². The van der Waals surface area contributed by atoms with E-state index in [9.17, 15) is 13.2 Å². The molecular formula is C21H27ClN2O3S. The third kappa shape index (κ3) is 5.97. The lowest BCUT2D eigenvalue weighted by Gasteiger charge is -2.30. The summed E-state index contributed by atoms with van der Waals surface area (Å²) >= 11 is 6.03. The molecule has 0 aromatic heterocycles. The molecule has 0 aliphatic carbocycles. The Morgan fingerprint density at radius 2 is 1.82 bits per heavy atom. The molecule has 0 heterocycles. The van der Waals surface area contributed by atoms with E-state index >= 15 is 0 Å². The third-order valence-electron chi connectivity index (χ3n) is 4.43. The fourth-order valence-electron chi connectivity index (χ4n) is 3.03. The second kappa shape index (κ2) is 9.94. The number of nitrogens with one attached hydrogen (secondary N) is 1. The molecule has 2 aromatic carbocycles. The zero-order chi connectivity index (χ0) is 20.7. The van der Waals surface area contributed by atoms with Crippen LogP contribution >= 0.6 is 11.6 Å². The van der Waals surface area contributed by atoms with Crippen LogP contribution in [-0.2, 0) is 21.2 Å². The minimum Gasteiger partial charge on any atom is -0.324 e. The van der Waals surface area contributed by atoms with Crippen LogP contribution in [0.4, 0.5) is 11.4 Å². The molecule has 0 aliphatic heterocycles. The van der Waals surface area contributed by atoms with Crippen molar-refractivity contribution in [2.75, 3.05) is 15.9 Å². The zero-order valence-electron chi connectivity index (χ0n) is 16.5. The van der Waals surface area contributed by atoms with Gasteiger partial charge in [0.05, 0.1) is 11.9 Å². The largest absolute Gasteiger partial charge is 0.324 e. The zero-order valence-corrected chi connectivity index (χ0v) is 18.1. The molecule has 0 unspecified atom stereocenters. The molecule has 0 saturated carbocycles. The lowest BCUT2D eigenvalue weighted by Crippen LogP contribution is -2.47. The van der Waals surface area contributed by atoms with Crippen LogP contribution in [0.1, 0.15) is 38.7 Å². The first-order valence-electron chi connectivity index (χ1n) is 9.41. The first-order valence-corrected chi connectivity index (χ1v) is 11.6. The monoisotopic (exact) mass is 422 g/mol. The van der Waals surface area contributed by atoms with E-state index in [1.165, 1.54) is 5.56 Å². The standard InChI is InChI=1S/C21H27ClN2O3S/c1-4-6-8-16-11-13-18(14-12-16)23-21(25)20(5-2)24(28(3,26)27)19-10-7-9-17(22)15-19/h7,9-15,20H,4-6,8H2,1-3H3,(H,23,25)/t20-/m0/s1. The van der Waals surface area contributed by atoms with Gasteiger partial charge in [-0.05, 0) is 55.2 Å². The number of benzene rings is 2. The van der Waals surface area contributed by atoms with Crippen molar-refractivity contribution in [3.63, 3.8) is 0 Å². The van der Waals surface area contributed by atoms with Gasteiger partial charge in [-0.15, -0.1) is 0 Å². The van der Waals surface area contributed by atoms with Crippen LogP contribution in [0.25, 0.3) is 0 Å². The summed E-state index contributed by atoms with van der Waals surface area (Å²) < 4.78 is 26.0. The summed E-state index contributed by atoms with van der Waals surface area (Å²) in [5.41, 5.74) is 2.22. The summed E-state index contributed by atoms with van der Waals surface area (Å²) in [7, 11) is -3.69. The smallest absolute Gasteiger partial charge is 0.248 e. The average molecular weight is 423 g/mol. The van der Waals surface area contributed by atoms with Crippen LogP contribution in [0.2, 0.25) is 5.02 Å². The van der Waals surface area contributed by atoms with E-state index < -0.39 is 16.1 Å². The molecule has 0 bridgehead atoms. The number of amides is 1. The van der Waals surface area contributed by atoms with Gasteiger partial charge in [0.2, 0.25) is 15.9 Å². The normalized spacial score (nSPS) is 12.4. The maximum Gasteiger partial charge on any atom is 0.248 e. The van der Waals surface area contributed by atoms with E-state index in [4.69, 9.17) is 11.6 Å². The van der Waals surface area contributed by atoms with Crippen LogP contribution in [0.3, 0.4) is 0 Å². The molecule has 1 amide bonds. The van der Waals surface area contributed by atoms with Crippen LogP contribution < -0.4 is 9.62 Å². The maximum atomic E-state index is 12.9. The SMILES string of the molecule is CCCCc1ccc(NC(=O)[C@H](CC)N(c2cccc(Cl)c2)S(C)(=O)=O)cc1. The Hall–Kier alpha value is -2.05. The molecule has 2 aromatic rings. The second-order valence-corrected chi connectivity index (χ2v) is 9.05. The summed E-state index contributed by atoms with van der Waals surface area (Å²) in [5.74, 6) is -0.380. The van der Waals surface area contributed by atoms with Crippen molar-refractivity contribution in [3.8, 4) is 0 Å². The quantitative estimate of drug-likeness (QED) is 0.627. The van der Waals surface area contributed by atoms with Crippen molar-refractivity contribution >= 4 is 38.9 Å². The number of nitrogens with zero attached hydrogens (tertiary/aromatic N) is 1. The van der Waals surface area contributed by atoms with Gasteiger partial charge in [0.25, 0.3) is 0 Å². The molecule has 1 atom stereocenters. The maximum absolute atomic E-state index is 12.9. The van der Waals surface area contributed by atoms with Crippen LogP contribution in [-0.4, -0.2) is 26.6 Å². The molecule has 5 nitrogen and oxygen atoms in total. The number of carbonyl (C=O) groups is 1. The van der Waals surface area contributed by atoms with Gasteiger partial charge < -0.3 is 5.32 Å². The van der Waals surface area contributed by atoms with Gasteiger partial charge in [-0.3, -0.25) is 9.10 Å². The number of hydrogen-bond acceptors (Lipinski definition) is 3. The van der Waals surface area contributed by atoms with Gasteiger partial charge in [0, 0.05) is 10.7 Å². The summed E-state index contributed by atoms with van der Waals surface area (Å²) in [6, 6.07) is 13.3. The van der Waals surface area contributed by atoms with Gasteiger partial charge in [-0.1, -0.05) is 50.1 Å². The number of hydrogen-bond donors (Lipinski definition) is 1. The topological polar surface area (TPSA) is 66.5 Å². The molecular weight excluding hydrogens is 396 g/mol. The second-order valence-electron chi connectivity index (χ2n) is 6.75. The molecule has 0 saturated heterocycles. The van der Waals surface area contributed by atoms with Gasteiger partial charge in [0.15, 0.2) is 0 Å². The molecule has 0 fully saturated rings. The van der Waals surface area contributed by atoms with Crippen molar-refractivity contribution < 1.29 is 13.2 Å². The highest BCUT2D eigenvalue weighted by Crippen LogP contribution is 2.26. The third-order valence-corrected chi connectivity index (χ3v) is 5.85. The number of aryl methyl sites for hydroxylation is 1. The van der Waals surface area contributed by atoms with Crippen molar-refractivity contribution in [2.45, 2.75) is 45.6 Å². The molecule has 1 N–H and O–H groups in total. The number of anilines is 2. The van der Waals surface area contributed by atoms with Crippen LogP contribution in [0, 0.1) is 0 Å². The first-order chi connectivity index (χ1) is 13.3. The Balaban J connectivity index is 2.24. The number of carbonyl (C=O) groups excluding carboxylic acids is 1. The highest BCUT2D eigenvalue weighted by molar-refractivity contribution is 7.92. The molecule has 0 radical (unpaired) electrons. The van der Waals surface area contributed by atoms with E-state index in [0.717, 1.165) is 29.8 Å². The minimum absolute atomic E-state index is 0.319. The van der Waals surface area contributed by atoms with E-state index in [-0.39, 0.29) is 5.91 Å². The Morgan fingerprint density at radius 1 is 1.14 bits per heavy atom. The molecule has 7 heteroatoms. The molecule has 0 spiro atoms. The predicted octanol–water partition coefficient (Wildman–Crippen LogP) is 4.87. The number of sulfonamides is 1. The van der Waals surface area contributed by atoms with E-state index in [1.807, 2.05) is 24.3 Å². The summed E-state index contributed by atoms with van der Waals surface area (Å²) in [5, 5.41) is 3.24. The van der Waals surface area contributed by atoms with E-state index in [0.29, 0.717) is 22.8 Å². The molecule has 0 aliphatic rings. The van der Waals surface area contributed by atoms with Crippen LogP contribution in [0.15, 0.2) is 48.5 Å². The Kier molecular flexibility index (Phi) is 7.89. The lowest BCUT2D eigenvalue weighted by molar-refractivity contribution is -0.117. The fourth-order valence-corrected chi connectivity index (χ4v) is 4.42. The van der Waals surface area contributed by atoms with Crippen LogP contribution in [0.5, 0.6) is 0 Å². The number of unbranched alkanes of at least 4 members (excludes halogenated alkanes) is 1. The van der Waals surface area contributed by atoms with E-state index in [2.05, 4.69) is 12.2 Å². The molecule has 28 heavy (non-hydrogen) atoms. The minimum atomic E-state index is -3.69. The fraction of sp³-hybridized carbons (Fsp3) is 0.381. The summed E-state index contributed by atoms with van der Waals surface area (Å²) in [6.45, 7) is 3.92. The average Bonchev–Trinajstić information content (AvgIpc) is 2.64. The Morgan fingerprint density at radius 3 is 2.36 bits per heavy atom. The Labute approximate surface area is 172 Å². The van der Waals surface area contributed by atoms with Crippen molar-refractivity contribution in [1.29, 1.82) is 0 Å². The van der Waals surface area contributed by atoms with Crippen molar-refractivity contribution in [2.24, 2.45) is 0 Å². The highest BCUT2D eigenvalue weighted by Gasteiger charge is 2.31. The van der Waals surface area contributed by atoms with Gasteiger partial charge in [-0.25, -0.2) is 8.42 Å². The molecule has 2 rings (SSSR count). The lowest BCUT2D eigenvalue weighted by atomic mass is 10.1.